The summed E-state index contributed by atoms with van der Waals surface area (Å²) < 4.78 is 12.7. The van der Waals surface area contributed by atoms with Crippen molar-refractivity contribution in [2.75, 3.05) is 0 Å². The first kappa shape index (κ1) is 13.6. The minimum atomic E-state index is -1.08. The number of benzene rings is 1. The summed E-state index contributed by atoms with van der Waals surface area (Å²) in [6, 6.07) is 6.09. The van der Waals surface area contributed by atoms with Crippen LogP contribution >= 0.6 is 0 Å². The van der Waals surface area contributed by atoms with Gasteiger partial charge in [0.1, 0.15) is 11.9 Å². The van der Waals surface area contributed by atoms with Crippen molar-refractivity contribution in [3.8, 4) is 6.07 Å². The summed E-state index contributed by atoms with van der Waals surface area (Å²) in [7, 11) is 0. The third-order valence-electron chi connectivity index (χ3n) is 2.20. The van der Waals surface area contributed by atoms with Crippen molar-refractivity contribution < 1.29 is 19.1 Å². The largest absolute Gasteiger partial charge is 0.481 e. The predicted molar refractivity (Wildman–Crippen MR) is 59.8 cm³/mol. The number of carbonyl (C=O) groups excluding carboxylic acids is 1. The van der Waals surface area contributed by atoms with Crippen LogP contribution < -0.4 is 5.32 Å². The van der Waals surface area contributed by atoms with Crippen molar-refractivity contribution in [1.29, 1.82) is 5.26 Å². The molecule has 1 unspecified atom stereocenters. The SMILES string of the molecule is N#CC(NC(=O)CCC(=O)O)c1ccc(F)cc1. The first-order chi connectivity index (χ1) is 8.52. The lowest BCUT2D eigenvalue weighted by atomic mass is 10.1. The van der Waals surface area contributed by atoms with Crippen molar-refractivity contribution in [3.63, 3.8) is 0 Å². The predicted octanol–water partition coefficient (Wildman–Crippen LogP) is 1.37. The Morgan fingerprint density at radius 1 is 1.33 bits per heavy atom. The molecule has 5 nitrogen and oxygen atoms in total. The van der Waals surface area contributed by atoms with Crippen molar-refractivity contribution >= 4 is 11.9 Å². The van der Waals surface area contributed by atoms with Crippen LogP contribution in [0.1, 0.15) is 24.4 Å². The van der Waals surface area contributed by atoms with Crippen LogP contribution in [-0.4, -0.2) is 17.0 Å². The van der Waals surface area contributed by atoms with Crippen LogP contribution in [0.3, 0.4) is 0 Å². The number of nitrogens with zero attached hydrogens (tertiary/aromatic N) is 1. The molecule has 1 atom stereocenters. The second-order valence-electron chi connectivity index (χ2n) is 3.57. The van der Waals surface area contributed by atoms with E-state index in [1.54, 1.807) is 0 Å². The maximum absolute atomic E-state index is 12.7. The molecule has 2 N–H and O–H groups in total. The minimum Gasteiger partial charge on any atom is -0.481 e. The summed E-state index contributed by atoms with van der Waals surface area (Å²) in [6.07, 6.45) is -0.498. The van der Waals surface area contributed by atoms with Crippen molar-refractivity contribution in [1.82, 2.24) is 5.32 Å². The normalized spacial score (nSPS) is 11.3. The highest BCUT2D eigenvalue weighted by Gasteiger charge is 2.14. The molecule has 1 aromatic carbocycles. The van der Waals surface area contributed by atoms with E-state index in [0.717, 1.165) is 0 Å². The average molecular weight is 250 g/mol. The summed E-state index contributed by atoms with van der Waals surface area (Å²) in [5.41, 5.74) is 0.447. The Bertz CT molecular complexity index is 479. The fourth-order valence-corrected chi connectivity index (χ4v) is 1.30. The minimum absolute atomic E-state index is 0.200. The van der Waals surface area contributed by atoms with Gasteiger partial charge < -0.3 is 10.4 Å². The lowest BCUT2D eigenvalue weighted by Gasteiger charge is -2.11. The highest BCUT2D eigenvalue weighted by atomic mass is 19.1. The number of hydrogen-bond donors (Lipinski definition) is 2. The molecule has 0 fully saturated rings. The van der Waals surface area contributed by atoms with Gasteiger partial charge in [-0.05, 0) is 17.7 Å². The summed E-state index contributed by atoms with van der Waals surface area (Å²) in [4.78, 5) is 21.6. The zero-order valence-corrected chi connectivity index (χ0v) is 9.39. The number of amides is 1. The van der Waals surface area contributed by atoms with E-state index in [0.29, 0.717) is 5.56 Å². The number of nitriles is 1. The standard InChI is InChI=1S/C12H11FN2O3/c13-9-3-1-8(2-4-9)10(7-14)15-11(16)5-6-12(17)18/h1-4,10H,5-6H2,(H,15,16)(H,17,18). The van der Waals surface area contributed by atoms with E-state index >= 15 is 0 Å². The molecule has 1 aromatic rings. The Morgan fingerprint density at radius 2 is 1.94 bits per heavy atom. The summed E-state index contributed by atoms with van der Waals surface area (Å²) in [5, 5.41) is 19.7. The van der Waals surface area contributed by atoms with Crippen LogP contribution in [0.2, 0.25) is 0 Å². The fraction of sp³-hybridized carbons (Fsp3) is 0.250. The van der Waals surface area contributed by atoms with Gasteiger partial charge in [-0.3, -0.25) is 9.59 Å². The molecular formula is C12H11FN2O3. The molecular weight excluding hydrogens is 239 g/mol. The molecule has 0 bridgehead atoms. The third-order valence-corrected chi connectivity index (χ3v) is 2.20. The monoisotopic (exact) mass is 250 g/mol. The van der Waals surface area contributed by atoms with Gasteiger partial charge in [0, 0.05) is 6.42 Å². The maximum Gasteiger partial charge on any atom is 0.303 e. The average Bonchev–Trinajstić information content (AvgIpc) is 2.34. The van der Waals surface area contributed by atoms with Gasteiger partial charge in [0.15, 0.2) is 0 Å². The van der Waals surface area contributed by atoms with E-state index < -0.39 is 23.7 Å². The van der Waals surface area contributed by atoms with Crippen LogP contribution in [0.15, 0.2) is 24.3 Å². The zero-order chi connectivity index (χ0) is 13.5. The number of carbonyl (C=O) groups is 2. The Labute approximate surface area is 103 Å². The summed E-state index contributed by atoms with van der Waals surface area (Å²) in [6.45, 7) is 0. The number of hydrogen-bond acceptors (Lipinski definition) is 3. The molecule has 0 aromatic heterocycles. The molecule has 6 heteroatoms. The first-order valence-corrected chi connectivity index (χ1v) is 5.19. The second kappa shape index (κ2) is 6.35. The molecule has 0 heterocycles. The number of nitrogens with one attached hydrogen (secondary N) is 1. The summed E-state index contributed by atoms with van der Waals surface area (Å²) in [5.74, 6) is -2.05. The number of carboxylic acids is 1. The van der Waals surface area contributed by atoms with E-state index in [1.807, 2.05) is 6.07 Å². The van der Waals surface area contributed by atoms with Gasteiger partial charge in [-0.2, -0.15) is 5.26 Å². The number of carboxylic acid groups (broad SMARTS) is 1. The Morgan fingerprint density at radius 3 is 2.44 bits per heavy atom. The molecule has 94 valence electrons. The second-order valence-corrected chi connectivity index (χ2v) is 3.57. The molecule has 0 aliphatic rings. The molecule has 0 aliphatic carbocycles. The van der Waals surface area contributed by atoms with Crippen LogP contribution in [0.4, 0.5) is 4.39 Å². The molecule has 0 saturated heterocycles. The molecule has 0 spiro atoms. The van der Waals surface area contributed by atoms with Gasteiger partial charge in [0.05, 0.1) is 12.5 Å². The van der Waals surface area contributed by atoms with Crippen molar-refractivity contribution in [3.05, 3.63) is 35.6 Å². The van der Waals surface area contributed by atoms with Gasteiger partial charge in [0.2, 0.25) is 5.91 Å². The van der Waals surface area contributed by atoms with Gasteiger partial charge in [-0.25, -0.2) is 4.39 Å². The molecule has 1 amide bonds. The third kappa shape index (κ3) is 4.22. The highest BCUT2D eigenvalue weighted by Crippen LogP contribution is 2.13. The number of aliphatic carboxylic acids is 1. The molecule has 0 aliphatic heterocycles. The number of halogens is 1. The van der Waals surface area contributed by atoms with Crippen molar-refractivity contribution in [2.45, 2.75) is 18.9 Å². The van der Waals surface area contributed by atoms with Crippen LogP contribution in [0.25, 0.3) is 0 Å². The van der Waals surface area contributed by atoms with Crippen LogP contribution in [0, 0.1) is 17.1 Å². The van der Waals surface area contributed by atoms with Gasteiger partial charge >= 0.3 is 5.97 Å². The molecule has 1 rings (SSSR count). The van der Waals surface area contributed by atoms with Crippen LogP contribution in [0.5, 0.6) is 0 Å². The van der Waals surface area contributed by atoms with Gasteiger partial charge in [-0.1, -0.05) is 12.1 Å². The lowest BCUT2D eigenvalue weighted by molar-refractivity contribution is -0.138. The Hall–Kier alpha value is -2.42. The van der Waals surface area contributed by atoms with E-state index in [1.165, 1.54) is 24.3 Å². The Kier molecular flexibility index (Phi) is 4.81. The molecule has 0 radical (unpaired) electrons. The van der Waals surface area contributed by atoms with E-state index in [2.05, 4.69) is 5.32 Å². The van der Waals surface area contributed by atoms with Gasteiger partial charge in [0.25, 0.3) is 0 Å². The number of rotatable bonds is 5. The first-order valence-electron chi connectivity index (χ1n) is 5.19. The van der Waals surface area contributed by atoms with Crippen LogP contribution in [-0.2, 0) is 9.59 Å². The van der Waals surface area contributed by atoms with Crippen molar-refractivity contribution in [2.24, 2.45) is 0 Å². The topological polar surface area (TPSA) is 90.2 Å². The van der Waals surface area contributed by atoms with E-state index in [-0.39, 0.29) is 12.8 Å². The smallest absolute Gasteiger partial charge is 0.303 e. The zero-order valence-electron chi connectivity index (χ0n) is 9.39. The maximum atomic E-state index is 12.7. The Balaban J connectivity index is 2.62. The summed E-state index contributed by atoms with van der Waals surface area (Å²) >= 11 is 0. The fourth-order valence-electron chi connectivity index (χ4n) is 1.30. The molecule has 18 heavy (non-hydrogen) atoms. The lowest BCUT2D eigenvalue weighted by Crippen LogP contribution is -2.27. The quantitative estimate of drug-likeness (QED) is 0.825. The highest BCUT2D eigenvalue weighted by molar-refractivity contribution is 5.81. The van der Waals surface area contributed by atoms with E-state index in [4.69, 9.17) is 10.4 Å². The molecule has 0 saturated carbocycles. The van der Waals surface area contributed by atoms with E-state index in [9.17, 15) is 14.0 Å². The van der Waals surface area contributed by atoms with Gasteiger partial charge in [-0.15, -0.1) is 0 Å².